The fraction of sp³-hybridized carbons (Fsp3) is 0.182. The minimum absolute atomic E-state index is 0.288. The smallest absolute Gasteiger partial charge is 0.276 e. The molecule has 0 spiro atoms. The molecule has 18 heavy (non-hydrogen) atoms. The summed E-state index contributed by atoms with van der Waals surface area (Å²) >= 11 is 1.44. The van der Waals surface area contributed by atoms with Gasteiger partial charge in [0.2, 0.25) is 0 Å². The number of carbonyl (C=O) groups is 1. The summed E-state index contributed by atoms with van der Waals surface area (Å²) in [6.07, 6.45) is 0. The van der Waals surface area contributed by atoms with E-state index in [4.69, 9.17) is 5.84 Å². The maximum Gasteiger partial charge on any atom is 0.276 e. The number of pyridine rings is 1. The van der Waals surface area contributed by atoms with Crippen molar-refractivity contribution < 1.29 is 4.79 Å². The maximum atomic E-state index is 11.9. The van der Waals surface area contributed by atoms with E-state index in [1.807, 2.05) is 13.8 Å². The average molecular weight is 263 g/mol. The normalized spacial score (nSPS) is 10.2. The molecule has 4 N–H and O–H groups in total. The molecule has 0 aliphatic rings. The summed E-state index contributed by atoms with van der Waals surface area (Å²) in [4.78, 5) is 21.3. The lowest BCUT2D eigenvalue weighted by Crippen LogP contribution is -2.16. The highest BCUT2D eigenvalue weighted by molar-refractivity contribution is 7.15. The Balaban J connectivity index is 2.16. The van der Waals surface area contributed by atoms with Gasteiger partial charge in [-0.25, -0.2) is 15.8 Å². The lowest BCUT2D eigenvalue weighted by molar-refractivity contribution is 0.102. The first-order chi connectivity index (χ1) is 8.60. The summed E-state index contributed by atoms with van der Waals surface area (Å²) in [5, 5.41) is 3.28. The van der Waals surface area contributed by atoms with Gasteiger partial charge in [-0.1, -0.05) is 6.07 Å². The molecule has 94 valence electrons. The monoisotopic (exact) mass is 263 g/mol. The van der Waals surface area contributed by atoms with Crippen LogP contribution in [0, 0.1) is 13.8 Å². The molecular weight excluding hydrogens is 250 g/mol. The molecule has 2 aromatic rings. The molecule has 2 rings (SSSR count). The predicted molar refractivity (Wildman–Crippen MR) is 71.6 cm³/mol. The molecule has 0 saturated carbocycles. The zero-order valence-corrected chi connectivity index (χ0v) is 10.8. The number of rotatable bonds is 3. The zero-order chi connectivity index (χ0) is 13.1. The van der Waals surface area contributed by atoms with Crippen LogP contribution in [0.3, 0.4) is 0 Å². The summed E-state index contributed by atoms with van der Waals surface area (Å²) < 4.78 is 0. The Labute approximate surface area is 108 Å². The standard InChI is InChI=1S/C11H13N5OS/c1-6-7(2)18-11(13-6)15-10(17)8-4-3-5-9(14-8)16-12/h3-5H,12H2,1-2H3,(H,14,16)(H,13,15,17). The summed E-state index contributed by atoms with van der Waals surface area (Å²) in [6, 6.07) is 4.99. The summed E-state index contributed by atoms with van der Waals surface area (Å²) in [5.74, 6) is 5.37. The van der Waals surface area contributed by atoms with Crippen LogP contribution in [0.5, 0.6) is 0 Å². The Bertz CT molecular complexity index is 561. The Kier molecular flexibility index (Phi) is 3.54. The Morgan fingerprint density at radius 1 is 1.33 bits per heavy atom. The number of nitrogens with two attached hydrogens (primary N) is 1. The molecule has 0 aliphatic carbocycles. The minimum atomic E-state index is -0.305. The van der Waals surface area contributed by atoms with Gasteiger partial charge in [0, 0.05) is 4.88 Å². The second-order valence-corrected chi connectivity index (χ2v) is 4.87. The largest absolute Gasteiger partial charge is 0.308 e. The van der Waals surface area contributed by atoms with Gasteiger partial charge < -0.3 is 5.43 Å². The van der Waals surface area contributed by atoms with Gasteiger partial charge in [-0.05, 0) is 26.0 Å². The quantitative estimate of drug-likeness (QED) is 0.579. The average Bonchev–Trinajstić information content (AvgIpc) is 2.68. The molecule has 0 unspecified atom stereocenters. The topological polar surface area (TPSA) is 92.9 Å². The summed E-state index contributed by atoms with van der Waals surface area (Å²) in [6.45, 7) is 3.86. The second-order valence-electron chi connectivity index (χ2n) is 3.67. The van der Waals surface area contributed by atoms with E-state index in [0.717, 1.165) is 10.6 Å². The number of hydrogen-bond donors (Lipinski definition) is 3. The van der Waals surface area contributed by atoms with Crippen LogP contribution in [0.15, 0.2) is 18.2 Å². The van der Waals surface area contributed by atoms with Gasteiger partial charge in [0.1, 0.15) is 11.5 Å². The third-order valence-corrected chi connectivity index (χ3v) is 3.37. The zero-order valence-electron chi connectivity index (χ0n) is 10.0. The van der Waals surface area contributed by atoms with Crippen LogP contribution in [0.1, 0.15) is 21.1 Å². The van der Waals surface area contributed by atoms with Gasteiger partial charge in [-0.15, -0.1) is 11.3 Å². The van der Waals surface area contributed by atoms with Crippen molar-refractivity contribution >= 4 is 28.2 Å². The van der Waals surface area contributed by atoms with Crippen LogP contribution in [0.2, 0.25) is 0 Å². The molecule has 0 radical (unpaired) electrons. The van der Waals surface area contributed by atoms with Gasteiger partial charge in [0.15, 0.2) is 5.13 Å². The van der Waals surface area contributed by atoms with Crippen LogP contribution in [0.4, 0.5) is 10.9 Å². The number of hydrazine groups is 1. The Hall–Kier alpha value is -1.99. The van der Waals surface area contributed by atoms with Crippen molar-refractivity contribution in [2.24, 2.45) is 5.84 Å². The predicted octanol–water partition coefficient (Wildman–Crippen LogP) is 1.69. The number of anilines is 2. The van der Waals surface area contributed by atoms with E-state index in [9.17, 15) is 4.79 Å². The van der Waals surface area contributed by atoms with E-state index in [-0.39, 0.29) is 11.6 Å². The number of aryl methyl sites for hydroxylation is 2. The van der Waals surface area contributed by atoms with Crippen molar-refractivity contribution in [3.05, 3.63) is 34.5 Å². The number of thiazole rings is 1. The van der Waals surface area contributed by atoms with E-state index >= 15 is 0 Å². The van der Waals surface area contributed by atoms with Gasteiger partial charge >= 0.3 is 0 Å². The molecule has 7 heteroatoms. The number of nitrogens with zero attached hydrogens (tertiary/aromatic N) is 2. The number of nitrogens with one attached hydrogen (secondary N) is 2. The molecule has 0 saturated heterocycles. The number of carbonyl (C=O) groups excluding carboxylic acids is 1. The maximum absolute atomic E-state index is 11.9. The third-order valence-electron chi connectivity index (χ3n) is 2.38. The molecule has 6 nitrogen and oxygen atoms in total. The van der Waals surface area contributed by atoms with Crippen LogP contribution in [-0.4, -0.2) is 15.9 Å². The van der Waals surface area contributed by atoms with Crippen LogP contribution in [0.25, 0.3) is 0 Å². The van der Waals surface area contributed by atoms with Crippen molar-refractivity contribution in [2.45, 2.75) is 13.8 Å². The number of amides is 1. The van der Waals surface area contributed by atoms with Gasteiger partial charge in [-0.2, -0.15) is 0 Å². The van der Waals surface area contributed by atoms with Crippen molar-refractivity contribution in [1.82, 2.24) is 9.97 Å². The fourth-order valence-corrected chi connectivity index (χ4v) is 2.14. The molecule has 0 fully saturated rings. The Morgan fingerprint density at radius 2 is 2.11 bits per heavy atom. The van der Waals surface area contributed by atoms with Crippen LogP contribution >= 0.6 is 11.3 Å². The van der Waals surface area contributed by atoms with Crippen LogP contribution in [-0.2, 0) is 0 Å². The van der Waals surface area contributed by atoms with E-state index in [2.05, 4.69) is 20.7 Å². The molecule has 2 aromatic heterocycles. The van der Waals surface area contributed by atoms with E-state index in [1.165, 1.54) is 11.3 Å². The van der Waals surface area contributed by atoms with Crippen molar-refractivity contribution in [3.63, 3.8) is 0 Å². The number of aromatic nitrogens is 2. The molecule has 0 aliphatic heterocycles. The molecule has 1 amide bonds. The van der Waals surface area contributed by atoms with E-state index in [0.29, 0.717) is 10.9 Å². The first kappa shape index (κ1) is 12.5. The van der Waals surface area contributed by atoms with Gasteiger partial charge in [0.25, 0.3) is 5.91 Å². The highest BCUT2D eigenvalue weighted by atomic mass is 32.1. The molecule has 0 bridgehead atoms. The highest BCUT2D eigenvalue weighted by Crippen LogP contribution is 2.21. The third kappa shape index (κ3) is 2.63. The fourth-order valence-electron chi connectivity index (χ4n) is 1.33. The van der Waals surface area contributed by atoms with Gasteiger partial charge in [0.05, 0.1) is 5.69 Å². The molecule has 2 heterocycles. The molecule has 0 atom stereocenters. The van der Waals surface area contributed by atoms with Crippen molar-refractivity contribution in [2.75, 3.05) is 10.7 Å². The van der Waals surface area contributed by atoms with Crippen molar-refractivity contribution in [3.8, 4) is 0 Å². The van der Waals surface area contributed by atoms with E-state index in [1.54, 1.807) is 18.2 Å². The highest BCUT2D eigenvalue weighted by Gasteiger charge is 2.11. The van der Waals surface area contributed by atoms with Crippen LogP contribution < -0.4 is 16.6 Å². The number of hydrogen-bond acceptors (Lipinski definition) is 6. The lowest BCUT2D eigenvalue weighted by atomic mass is 10.3. The van der Waals surface area contributed by atoms with Gasteiger partial charge in [-0.3, -0.25) is 10.1 Å². The minimum Gasteiger partial charge on any atom is -0.308 e. The summed E-state index contributed by atoms with van der Waals surface area (Å²) in [5.41, 5.74) is 3.60. The first-order valence-electron chi connectivity index (χ1n) is 5.29. The number of nitrogen functional groups attached to an aromatic ring is 1. The Morgan fingerprint density at radius 3 is 2.72 bits per heavy atom. The SMILES string of the molecule is Cc1nc(NC(=O)c2cccc(NN)n2)sc1C. The molecular formula is C11H13N5OS. The van der Waals surface area contributed by atoms with Crippen molar-refractivity contribution in [1.29, 1.82) is 0 Å². The first-order valence-corrected chi connectivity index (χ1v) is 6.11. The lowest BCUT2D eigenvalue weighted by Gasteiger charge is -2.03. The van der Waals surface area contributed by atoms with E-state index < -0.39 is 0 Å². The molecule has 0 aromatic carbocycles. The summed E-state index contributed by atoms with van der Waals surface area (Å²) in [7, 11) is 0. The second kappa shape index (κ2) is 5.11.